The van der Waals surface area contributed by atoms with Gasteiger partial charge in [-0.25, -0.2) is 4.98 Å². The summed E-state index contributed by atoms with van der Waals surface area (Å²) in [5.41, 5.74) is 2.77. The largest absolute Gasteiger partial charge is 0.497 e. The van der Waals surface area contributed by atoms with Gasteiger partial charge in [-0.2, -0.15) is 9.61 Å². The fourth-order valence-corrected chi connectivity index (χ4v) is 2.06. The van der Waals surface area contributed by atoms with Crippen LogP contribution in [0.2, 0.25) is 0 Å². The Labute approximate surface area is 110 Å². The molecule has 1 aromatic carbocycles. The molecule has 0 saturated heterocycles. The van der Waals surface area contributed by atoms with E-state index in [4.69, 9.17) is 9.47 Å². The van der Waals surface area contributed by atoms with Crippen LogP contribution in [0.5, 0.6) is 11.6 Å². The second kappa shape index (κ2) is 4.61. The summed E-state index contributed by atoms with van der Waals surface area (Å²) in [6.07, 6.45) is 1.52. The topological polar surface area (TPSA) is 48.7 Å². The Bertz CT molecular complexity index is 722. The summed E-state index contributed by atoms with van der Waals surface area (Å²) in [7, 11) is 3.27. The van der Waals surface area contributed by atoms with Gasteiger partial charge in [-0.15, -0.1) is 0 Å². The van der Waals surface area contributed by atoms with Crippen LogP contribution in [0.1, 0.15) is 0 Å². The quantitative estimate of drug-likeness (QED) is 0.721. The van der Waals surface area contributed by atoms with Gasteiger partial charge in [0.1, 0.15) is 12.1 Å². The van der Waals surface area contributed by atoms with Gasteiger partial charge in [0.05, 0.1) is 14.2 Å². The first-order chi connectivity index (χ1) is 9.33. The molecule has 2 aromatic heterocycles. The number of methoxy groups -OCH3 is 2. The van der Waals surface area contributed by atoms with Crippen molar-refractivity contribution in [2.24, 2.45) is 0 Å². The highest BCUT2D eigenvalue weighted by Gasteiger charge is 2.10. The molecule has 0 aliphatic heterocycles. The SMILES string of the molecule is COc1cccc(-c2ccc(OC)n3ncnc23)c1. The van der Waals surface area contributed by atoms with E-state index in [1.165, 1.54) is 6.33 Å². The van der Waals surface area contributed by atoms with E-state index in [9.17, 15) is 0 Å². The summed E-state index contributed by atoms with van der Waals surface area (Å²) in [5.74, 6) is 1.46. The van der Waals surface area contributed by atoms with Crippen LogP contribution in [-0.2, 0) is 0 Å². The second-order valence-corrected chi connectivity index (χ2v) is 4.02. The molecule has 3 aromatic rings. The van der Waals surface area contributed by atoms with Crippen molar-refractivity contribution in [2.45, 2.75) is 0 Å². The second-order valence-electron chi connectivity index (χ2n) is 4.02. The van der Waals surface area contributed by atoms with Crippen molar-refractivity contribution < 1.29 is 9.47 Å². The van der Waals surface area contributed by atoms with Crippen LogP contribution in [0, 0.1) is 0 Å². The van der Waals surface area contributed by atoms with Crippen LogP contribution in [0.3, 0.4) is 0 Å². The van der Waals surface area contributed by atoms with Crippen LogP contribution >= 0.6 is 0 Å². The molecule has 0 radical (unpaired) electrons. The minimum absolute atomic E-state index is 0.652. The number of ether oxygens (including phenoxy) is 2. The maximum atomic E-state index is 5.26. The minimum atomic E-state index is 0.652. The number of hydrogen-bond acceptors (Lipinski definition) is 4. The third kappa shape index (κ3) is 1.89. The molecule has 0 bridgehead atoms. The Hall–Kier alpha value is -2.56. The van der Waals surface area contributed by atoms with Crippen molar-refractivity contribution >= 4 is 5.65 Å². The molecule has 0 N–H and O–H groups in total. The van der Waals surface area contributed by atoms with E-state index in [0.717, 1.165) is 22.5 Å². The molecule has 0 amide bonds. The molecule has 19 heavy (non-hydrogen) atoms. The zero-order chi connectivity index (χ0) is 13.2. The smallest absolute Gasteiger partial charge is 0.216 e. The zero-order valence-corrected chi connectivity index (χ0v) is 10.7. The molecule has 2 heterocycles. The van der Waals surface area contributed by atoms with Gasteiger partial charge >= 0.3 is 0 Å². The Kier molecular flexibility index (Phi) is 2.79. The first kappa shape index (κ1) is 11.5. The monoisotopic (exact) mass is 255 g/mol. The molecule has 5 heteroatoms. The lowest BCUT2D eigenvalue weighted by Gasteiger charge is -2.08. The average molecular weight is 255 g/mol. The Morgan fingerprint density at radius 1 is 1.05 bits per heavy atom. The number of nitrogens with zero attached hydrogens (tertiary/aromatic N) is 3. The molecular weight excluding hydrogens is 242 g/mol. The van der Waals surface area contributed by atoms with Gasteiger partial charge in [-0.1, -0.05) is 12.1 Å². The number of aromatic nitrogens is 3. The highest BCUT2D eigenvalue weighted by atomic mass is 16.5. The van der Waals surface area contributed by atoms with Crippen molar-refractivity contribution in [1.29, 1.82) is 0 Å². The van der Waals surface area contributed by atoms with Crippen molar-refractivity contribution in [3.63, 3.8) is 0 Å². The number of benzene rings is 1. The van der Waals surface area contributed by atoms with Gasteiger partial charge < -0.3 is 9.47 Å². The molecule has 0 aliphatic carbocycles. The summed E-state index contributed by atoms with van der Waals surface area (Å²) >= 11 is 0. The van der Waals surface area contributed by atoms with Crippen LogP contribution in [-0.4, -0.2) is 28.8 Å². The van der Waals surface area contributed by atoms with Gasteiger partial charge in [0, 0.05) is 11.6 Å². The van der Waals surface area contributed by atoms with E-state index < -0.39 is 0 Å². The molecule has 5 nitrogen and oxygen atoms in total. The molecule has 0 aliphatic rings. The fraction of sp³-hybridized carbons (Fsp3) is 0.143. The zero-order valence-electron chi connectivity index (χ0n) is 10.7. The van der Waals surface area contributed by atoms with Gasteiger partial charge in [0.15, 0.2) is 5.65 Å². The van der Waals surface area contributed by atoms with Crippen molar-refractivity contribution in [3.8, 4) is 22.8 Å². The number of fused-ring (bicyclic) bond motifs is 1. The summed E-state index contributed by atoms with van der Waals surface area (Å²) in [6.45, 7) is 0. The predicted octanol–water partition coefficient (Wildman–Crippen LogP) is 2.41. The lowest BCUT2D eigenvalue weighted by atomic mass is 10.1. The molecule has 96 valence electrons. The lowest BCUT2D eigenvalue weighted by molar-refractivity contribution is 0.386. The van der Waals surface area contributed by atoms with Crippen molar-refractivity contribution in [1.82, 2.24) is 14.6 Å². The van der Waals surface area contributed by atoms with Gasteiger partial charge in [-0.05, 0) is 23.8 Å². The lowest BCUT2D eigenvalue weighted by Crippen LogP contribution is -1.97. The molecule has 0 saturated carbocycles. The standard InChI is InChI=1S/C14H13N3O2/c1-18-11-5-3-4-10(8-11)12-6-7-13(19-2)17-14(12)15-9-16-17/h3-9H,1-2H3. The summed E-state index contributed by atoms with van der Waals surface area (Å²) < 4.78 is 12.2. The minimum Gasteiger partial charge on any atom is -0.497 e. The molecule has 0 unspecified atom stereocenters. The summed E-state index contributed by atoms with van der Waals surface area (Å²) in [5, 5.41) is 4.17. The third-order valence-corrected chi connectivity index (χ3v) is 2.98. The summed E-state index contributed by atoms with van der Waals surface area (Å²) in [4.78, 5) is 4.29. The van der Waals surface area contributed by atoms with Crippen molar-refractivity contribution in [2.75, 3.05) is 14.2 Å². The molecular formula is C14H13N3O2. The number of pyridine rings is 1. The van der Waals surface area contributed by atoms with E-state index in [1.54, 1.807) is 18.7 Å². The molecule has 0 spiro atoms. The van der Waals surface area contributed by atoms with E-state index in [0.29, 0.717) is 5.88 Å². The molecule has 0 atom stereocenters. The highest BCUT2D eigenvalue weighted by molar-refractivity contribution is 5.78. The number of hydrogen-bond donors (Lipinski definition) is 0. The maximum Gasteiger partial charge on any atom is 0.216 e. The van der Waals surface area contributed by atoms with Crippen LogP contribution in [0.15, 0.2) is 42.7 Å². The Morgan fingerprint density at radius 2 is 1.95 bits per heavy atom. The summed E-state index contributed by atoms with van der Waals surface area (Å²) in [6, 6.07) is 11.7. The molecule has 0 fully saturated rings. The van der Waals surface area contributed by atoms with Gasteiger partial charge in [0.25, 0.3) is 0 Å². The van der Waals surface area contributed by atoms with E-state index >= 15 is 0 Å². The van der Waals surface area contributed by atoms with Gasteiger partial charge in [0.2, 0.25) is 5.88 Å². The van der Waals surface area contributed by atoms with Crippen LogP contribution in [0.4, 0.5) is 0 Å². The predicted molar refractivity (Wildman–Crippen MR) is 71.5 cm³/mol. The average Bonchev–Trinajstić information content (AvgIpc) is 2.95. The number of rotatable bonds is 3. The first-order valence-corrected chi connectivity index (χ1v) is 5.84. The Balaban J connectivity index is 2.22. The first-order valence-electron chi connectivity index (χ1n) is 5.84. The third-order valence-electron chi connectivity index (χ3n) is 2.98. The highest BCUT2D eigenvalue weighted by Crippen LogP contribution is 2.28. The fourth-order valence-electron chi connectivity index (χ4n) is 2.06. The Morgan fingerprint density at radius 3 is 2.74 bits per heavy atom. The molecule has 3 rings (SSSR count). The van der Waals surface area contributed by atoms with Crippen molar-refractivity contribution in [3.05, 3.63) is 42.7 Å². The van der Waals surface area contributed by atoms with E-state index in [1.807, 2.05) is 36.4 Å². The van der Waals surface area contributed by atoms with Crippen LogP contribution < -0.4 is 9.47 Å². The normalized spacial score (nSPS) is 10.6. The van der Waals surface area contributed by atoms with Crippen LogP contribution in [0.25, 0.3) is 16.8 Å². The van der Waals surface area contributed by atoms with Gasteiger partial charge in [-0.3, -0.25) is 0 Å². The van der Waals surface area contributed by atoms with E-state index in [-0.39, 0.29) is 0 Å². The van der Waals surface area contributed by atoms with E-state index in [2.05, 4.69) is 10.1 Å². The maximum absolute atomic E-state index is 5.26.